The van der Waals surface area contributed by atoms with Gasteiger partial charge in [0.05, 0.1) is 4.88 Å². The van der Waals surface area contributed by atoms with Crippen LogP contribution in [0.4, 0.5) is 0 Å². The van der Waals surface area contributed by atoms with E-state index in [1.807, 2.05) is 19.2 Å². The topological polar surface area (TPSA) is 4.36 Å². The van der Waals surface area contributed by atoms with Crippen molar-refractivity contribution < 1.29 is 0 Å². The Hall–Kier alpha value is -0.810. The van der Waals surface area contributed by atoms with Crippen LogP contribution in [-0.2, 0) is 0 Å². The summed E-state index contributed by atoms with van der Waals surface area (Å²) in [5, 5.41) is 2.03. The summed E-state index contributed by atoms with van der Waals surface area (Å²) in [4.78, 5) is 4.66. The first-order valence-corrected chi connectivity index (χ1v) is 4.04. The van der Waals surface area contributed by atoms with Crippen molar-refractivity contribution in [1.82, 2.24) is 0 Å². The molecule has 0 saturated heterocycles. The van der Waals surface area contributed by atoms with Crippen molar-refractivity contribution >= 4 is 11.3 Å². The largest absolute Gasteiger partial charge is 0.308 e. The van der Waals surface area contributed by atoms with E-state index in [0.717, 1.165) is 0 Å². The molecule has 1 aromatic rings. The van der Waals surface area contributed by atoms with E-state index in [2.05, 4.69) is 10.9 Å². The molecule has 1 nitrogen and oxygen atoms in total. The van der Waals surface area contributed by atoms with Crippen molar-refractivity contribution in [2.75, 3.05) is 0 Å². The van der Waals surface area contributed by atoms with E-state index in [1.165, 1.54) is 10.4 Å². The van der Waals surface area contributed by atoms with Gasteiger partial charge in [0, 0.05) is 6.92 Å². The van der Waals surface area contributed by atoms with Crippen molar-refractivity contribution in [2.24, 2.45) is 0 Å². The van der Waals surface area contributed by atoms with E-state index in [1.54, 1.807) is 11.3 Å². The predicted octanol–water partition coefficient (Wildman–Crippen LogP) is 3.04. The highest BCUT2D eigenvalue weighted by atomic mass is 32.1. The van der Waals surface area contributed by atoms with Crippen molar-refractivity contribution in [3.05, 3.63) is 33.3 Å². The van der Waals surface area contributed by atoms with Crippen LogP contribution < -0.4 is 0 Å². The van der Waals surface area contributed by atoms with Crippen LogP contribution in [0.2, 0.25) is 0 Å². The Balaban J connectivity index is 2.96. The van der Waals surface area contributed by atoms with E-state index in [9.17, 15) is 0 Å². The molecule has 1 unspecified atom stereocenters. The number of hydrogen-bond donors (Lipinski definition) is 0. The molecule has 0 saturated carbocycles. The molecule has 10 heavy (non-hydrogen) atoms. The molecule has 1 aromatic heterocycles. The van der Waals surface area contributed by atoms with Crippen LogP contribution in [0.3, 0.4) is 0 Å². The number of nitrogens with zero attached hydrogens (tertiary/aromatic N) is 1. The lowest BCUT2D eigenvalue weighted by atomic mass is 10.2. The maximum absolute atomic E-state index is 6.81. The van der Waals surface area contributed by atoms with Gasteiger partial charge >= 0.3 is 0 Å². The first-order chi connectivity index (χ1) is 4.75. The molecule has 1 atom stereocenters. The lowest BCUT2D eigenvalue weighted by Gasteiger charge is -1.94. The molecule has 0 aromatic carbocycles. The maximum atomic E-state index is 6.81. The fourth-order valence-corrected chi connectivity index (χ4v) is 1.79. The maximum Gasteiger partial charge on any atom is 0.255 e. The second-order valence-corrected chi connectivity index (χ2v) is 3.22. The van der Waals surface area contributed by atoms with Gasteiger partial charge in [0.2, 0.25) is 0 Å². The lowest BCUT2D eigenvalue weighted by molar-refractivity contribution is 0.978. The molecule has 2 heteroatoms. The first-order valence-electron chi connectivity index (χ1n) is 3.16. The highest BCUT2D eigenvalue weighted by Gasteiger charge is 2.11. The van der Waals surface area contributed by atoms with E-state index in [4.69, 9.17) is 6.57 Å². The highest BCUT2D eigenvalue weighted by Crippen LogP contribution is 2.25. The molecule has 0 bridgehead atoms. The van der Waals surface area contributed by atoms with Gasteiger partial charge in [-0.25, -0.2) is 6.57 Å². The first kappa shape index (κ1) is 7.30. The summed E-state index contributed by atoms with van der Waals surface area (Å²) in [5.41, 5.74) is 1.24. The molecule has 0 aliphatic heterocycles. The van der Waals surface area contributed by atoms with E-state index in [0.29, 0.717) is 0 Å². The zero-order valence-corrected chi connectivity index (χ0v) is 6.90. The Bertz CT molecular complexity index is 256. The molecule has 0 N–H and O–H groups in total. The van der Waals surface area contributed by atoms with Crippen LogP contribution in [0.25, 0.3) is 4.85 Å². The number of rotatable bonds is 1. The minimum absolute atomic E-state index is 0.0417. The van der Waals surface area contributed by atoms with E-state index in [-0.39, 0.29) is 6.04 Å². The second-order valence-electron chi connectivity index (χ2n) is 2.27. The molecular weight excluding hydrogens is 142 g/mol. The average molecular weight is 151 g/mol. The predicted molar refractivity (Wildman–Crippen MR) is 44.1 cm³/mol. The molecule has 0 spiro atoms. The molecular formula is C8H9NS. The summed E-state index contributed by atoms with van der Waals surface area (Å²) in [6.45, 7) is 10.8. The Kier molecular flexibility index (Phi) is 2.08. The third-order valence-corrected chi connectivity index (χ3v) is 2.66. The highest BCUT2D eigenvalue weighted by molar-refractivity contribution is 7.10. The van der Waals surface area contributed by atoms with Gasteiger partial charge in [-0.15, -0.1) is 11.3 Å². The van der Waals surface area contributed by atoms with Crippen LogP contribution in [-0.4, -0.2) is 0 Å². The standard InChI is InChI=1S/C8H9NS/c1-6-4-5-10-8(6)7(2)9-3/h4-5,7H,1-2H3. The second kappa shape index (κ2) is 2.85. The zero-order chi connectivity index (χ0) is 7.56. The quantitative estimate of drug-likeness (QED) is 0.543. The van der Waals surface area contributed by atoms with Gasteiger partial charge in [-0.2, -0.15) is 0 Å². The third-order valence-electron chi connectivity index (χ3n) is 1.47. The normalized spacial score (nSPS) is 12.5. The average Bonchev–Trinajstić information content (AvgIpc) is 2.34. The van der Waals surface area contributed by atoms with E-state index < -0.39 is 0 Å². The number of thiophene rings is 1. The van der Waals surface area contributed by atoms with Gasteiger partial charge in [0.15, 0.2) is 0 Å². The Labute approximate surface area is 65.1 Å². The third kappa shape index (κ3) is 1.19. The van der Waals surface area contributed by atoms with Gasteiger partial charge in [0.1, 0.15) is 0 Å². The lowest BCUT2D eigenvalue weighted by Crippen LogP contribution is -1.82. The Morgan fingerprint density at radius 2 is 2.40 bits per heavy atom. The summed E-state index contributed by atoms with van der Waals surface area (Å²) in [6, 6.07) is 2.10. The SMILES string of the molecule is [C-]#[N+]C(C)c1sccc1C. The summed E-state index contributed by atoms with van der Waals surface area (Å²) < 4.78 is 0. The Morgan fingerprint density at radius 3 is 2.80 bits per heavy atom. The molecule has 0 aliphatic rings. The van der Waals surface area contributed by atoms with Gasteiger partial charge in [-0.05, 0) is 23.9 Å². The van der Waals surface area contributed by atoms with Crippen molar-refractivity contribution in [2.45, 2.75) is 19.9 Å². The monoisotopic (exact) mass is 151 g/mol. The molecule has 0 radical (unpaired) electrons. The van der Waals surface area contributed by atoms with E-state index >= 15 is 0 Å². The Morgan fingerprint density at radius 1 is 1.70 bits per heavy atom. The van der Waals surface area contributed by atoms with Crippen molar-refractivity contribution in [1.29, 1.82) is 0 Å². The minimum atomic E-state index is 0.0417. The molecule has 0 amide bonds. The van der Waals surface area contributed by atoms with Gasteiger partial charge < -0.3 is 4.85 Å². The van der Waals surface area contributed by atoms with Crippen LogP contribution in [0.1, 0.15) is 23.4 Å². The summed E-state index contributed by atoms with van der Waals surface area (Å²) in [7, 11) is 0. The smallest absolute Gasteiger partial charge is 0.255 e. The van der Waals surface area contributed by atoms with Crippen LogP contribution in [0.15, 0.2) is 11.4 Å². The number of hydrogen-bond acceptors (Lipinski definition) is 1. The van der Waals surface area contributed by atoms with Crippen LogP contribution in [0.5, 0.6) is 0 Å². The van der Waals surface area contributed by atoms with Crippen molar-refractivity contribution in [3.63, 3.8) is 0 Å². The summed E-state index contributed by atoms with van der Waals surface area (Å²) >= 11 is 1.67. The van der Waals surface area contributed by atoms with Crippen LogP contribution >= 0.6 is 11.3 Å². The number of aryl methyl sites for hydroxylation is 1. The minimum Gasteiger partial charge on any atom is -0.308 e. The fraction of sp³-hybridized carbons (Fsp3) is 0.375. The van der Waals surface area contributed by atoms with Gasteiger partial charge in [0.25, 0.3) is 6.04 Å². The van der Waals surface area contributed by atoms with Crippen LogP contribution in [0, 0.1) is 13.5 Å². The molecule has 1 rings (SSSR count). The van der Waals surface area contributed by atoms with Gasteiger partial charge in [-0.3, -0.25) is 0 Å². The molecule has 0 aliphatic carbocycles. The molecule has 0 fully saturated rings. The molecule has 1 heterocycles. The van der Waals surface area contributed by atoms with Crippen molar-refractivity contribution in [3.8, 4) is 0 Å². The zero-order valence-electron chi connectivity index (χ0n) is 6.09. The van der Waals surface area contributed by atoms with Gasteiger partial charge in [-0.1, -0.05) is 0 Å². The summed E-state index contributed by atoms with van der Waals surface area (Å²) in [5.74, 6) is 0. The fourth-order valence-electron chi connectivity index (χ4n) is 0.871. The molecule has 52 valence electrons. The summed E-state index contributed by atoms with van der Waals surface area (Å²) in [6.07, 6.45) is 0.